The van der Waals surface area contributed by atoms with Crippen molar-refractivity contribution in [2.24, 2.45) is 5.41 Å². The molecule has 2 heterocycles. The van der Waals surface area contributed by atoms with E-state index in [0.29, 0.717) is 12.0 Å². The molecule has 5 atom stereocenters. The van der Waals surface area contributed by atoms with Crippen LogP contribution in [0, 0.1) is 5.41 Å². The third-order valence-electron chi connectivity index (χ3n) is 3.94. The number of fused-ring (bicyclic) bond motifs is 3. The third kappa shape index (κ3) is 1.18. The third-order valence-corrected chi connectivity index (χ3v) is 3.94. The molecule has 3 fully saturated rings. The van der Waals surface area contributed by atoms with Crippen molar-refractivity contribution in [2.45, 2.75) is 57.6 Å². The van der Waals surface area contributed by atoms with Gasteiger partial charge in [-0.2, -0.15) is 0 Å². The summed E-state index contributed by atoms with van der Waals surface area (Å²) in [5.41, 5.74) is 0.191. The number of halogens is 1. The van der Waals surface area contributed by atoms with E-state index in [1.807, 2.05) is 20.8 Å². The van der Waals surface area contributed by atoms with Gasteiger partial charge in [0.25, 0.3) is 0 Å². The Morgan fingerprint density at radius 3 is 2.69 bits per heavy atom. The normalized spacial score (nSPS) is 54.1. The molecule has 1 aliphatic carbocycles. The molecule has 0 amide bonds. The lowest BCUT2D eigenvalue weighted by Crippen LogP contribution is -2.36. The van der Waals surface area contributed by atoms with Gasteiger partial charge in [0.05, 0.1) is 6.10 Å². The van der Waals surface area contributed by atoms with Crippen molar-refractivity contribution in [3.8, 4) is 0 Å². The summed E-state index contributed by atoms with van der Waals surface area (Å²) in [6, 6.07) is 0. The van der Waals surface area contributed by atoms with Crippen LogP contribution in [-0.4, -0.2) is 30.5 Å². The highest BCUT2D eigenvalue weighted by Crippen LogP contribution is 2.57. The molecule has 0 aromatic carbocycles. The Morgan fingerprint density at radius 1 is 1.31 bits per heavy atom. The number of ether oxygens (including phenoxy) is 3. The molecule has 16 heavy (non-hydrogen) atoms. The first-order chi connectivity index (χ1) is 7.33. The Hall–Kier alpha value is -0.450. The van der Waals surface area contributed by atoms with Crippen molar-refractivity contribution in [2.75, 3.05) is 0 Å². The van der Waals surface area contributed by atoms with E-state index >= 15 is 0 Å². The standard InChI is InChI=1S/C12H17FO3/c1-6-7(13)5-12(4)8(6)14-10-9(12)15-11(2,3)16-10/h7-10H,1,5H2,2-4H3/t7-,8-,9+,10-,12+/m1/s1. The summed E-state index contributed by atoms with van der Waals surface area (Å²) in [5.74, 6) is -0.640. The van der Waals surface area contributed by atoms with E-state index in [-0.39, 0.29) is 23.9 Å². The average molecular weight is 228 g/mol. The first-order valence-corrected chi connectivity index (χ1v) is 5.67. The van der Waals surface area contributed by atoms with Crippen LogP contribution in [0.4, 0.5) is 4.39 Å². The molecule has 90 valence electrons. The number of hydrogen-bond donors (Lipinski definition) is 0. The Balaban J connectivity index is 1.93. The average Bonchev–Trinajstić information content (AvgIpc) is 2.65. The van der Waals surface area contributed by atoms with Gasteiger partial charge in [0, 0.05) is 5.41 Å². The van der Waals surface area contributed by atoms with Crippen molar-refractivity contribution in [3.05, 3.63) is 12.2 Å². The largest absolute Gasteiger partial charge is 0.341 e. The molecule has 0 aromatic rings. The van der Waals surface area contributed by atoms with Crippen LogP contribution >= 0.6 is 0 Å². The van der Waals surface area contributed by atoms with E-state index < -0.39 is 12.0 Å². The fourth-order valence-corrected chi connectivity index (χ4v) is 3.13. The molecule has 0 N–H and O–H groups in total. The van der Waals surface area contributed by atoms with E-state index in [4.69, 9.17) is 14.2 Å². The van der Waals surface area contributed by atoms with Gasteiger partial charge in [-0.3, -0.25) is 0 Å². The topological polar surface area (TPSA) is 27.7 Å². The Bertz CT molecular complexity index is 354. The lowest BCUT2D eigenvalue weighted by Gasteiger charge is -2.29. The van der Waals surface area contributed by atoms with Crippen LogP contribution in [-0.2, 0) is 14.2 Å². The molecule has 2 saturated heterocycles. The van der Waals surface area contributed by atoms with Crippen molar-refractivity contribution >= 4 is 0 Å². The first-order valence-electron chi connectivity index (χ1n) is 5.67. The van der Waals surface area contributed by atoms with Crippen LogP contribution in [0.2, 0.25) is 0 Å². The minimum atomic E-state index is -0.983. The van der Waals surface area contributed by atoms with Gasteiger partial charge in [0.2, 0.25) is 0 Å². The van der Waals surface area contributed by atoms with Crippen molar-refractivity contribution in [1.29, 1.82) is 0 Å². The molecule has 0 unspecified atom stereocenters. The minimum Gasteiger partial charge on any atom is -0.341 e. The van der Waals surface area contributed by atoms with Crippen molar-refractivity contribution < 1.29 is 18.6 Å². The van der Waals surface area contributed by atoms with Crippen LogP contribution in [0.15, 0.2) is 12.2 Å². The summed E-state index contributed by atoms with van der Waals surface area (Å²) < 4.78 is 30.9. The molecule has 1 saturated carbocycles. The van der Waals surface area contributed by atoms with Gasteiger partial charge in [0.1, 0.15) is 12.3 Å². The summed E-state index contributed by atoms with van der Waals surface area (Å²) in [4.78, 5) is 0. The molecule has 2 aliphatic heterocycles. The molecule has 3 nitrogen and oxygen atoms in total. The molecule has 4 heteroatoms. The van der Waals surface area contributed by atoms with Crippen LogP contribution in [0.3, 0.4) is 0 Å². The molecule has 0 bridgehead atoms. The van der Waals surface area contributed by atoms with Crippen molar-refractivity contribution in [3.63, 3.8) is 0 Å². The fourth-order valence-electron chi connectivity index (χ4n) is 3.13. The van der Waals surface area contributed by atoms with Crippen LogP contribution < -0.4 is 0 Å². The Kier molecular flexibility index (Phi) is 1.91. The summed E-state index contributed by atoms with van der Waals surface area (Å²) in [6.07, 6.45) is -1.41. The highest BCUT2D eigenvalue weighted by atomic mass is 19.1. The number of alkyl halides is 1. The monoisotopic (exact) mass is 228 g/mol. The lowest BCUT2D eigenvalue weighted by atomic mass is 9.82. The summed E-state index contributed by atoms with van der Waals surface area (Å²) in [7, 11) is 0. The lowest BCUT2D eigenvalue weighted by molar-refractivity contribution is -0.210. The van der Waals surface area contributed by atoms with Crippen molar-refractivity contribution in [1.82, 2.24) is 0 Å². The second-order valence-corrected chi connectivity index (χ2v) is 5.69. The fraction of sp³-hybridized carbons (Fsp3) is 0.833. The predicted octanol–water partition coefficient (Wildman–Crippen LogP) is 2.17. The van der Waals surface area contributed by atoms with Gasteiger partial charge in [-0.1, -0.05) is 13.5 Å². The second-order valence-electron chi connectivity index (χ2n) is 5.69. The minimum absolute atomic E-state index is 0.190. The highest BCUT2D eigenvalue weighted by Gasteiger charge is 2.65. The van der Waals surface area contributed by atoms with Gasteiger partial charge in [-0.15, -0.1) is 0 Å². The Labute approximate surface area is 94.6 Å². The maximum absolute atomic E-state index is 13.7. The zero-order valence-electron chi connectivity index (χ0n) is 9.83. The maximum atomic E-state index is 13.7. The van der Waals surface area contributed by atoms with E-state index in [1.165, 1.54) is 0 Å². The quantitative estimate of drug-likeness (QED) is 0.595. The van der Waals surface area contributed by atoms with Gasteiger partial charge >= 0.3 is 0 Å². The molecule has 0 aromatic heterocycles. The molecule has 0 radical (unpaired) electrons. The maximum Gasteiger partial charge on any atom is 0.188 e. The summed E-state index contributed by atoms with van der Waals surface area (Å²) in [5, 5.41) is 0. The molecular formula is C12H17FO3. The zero-order chi connectivity index (χ0) is 11.7. The van der Waals surface area contributed by atoms with Gasteiger partial charge in [-0.05, 0) is 25.8 Å². The smallest absolute Gasteiger partial charge is 0.188 e. The summed E-state index contributed by atoms with van der Waals surface area (Å²) in [6.45, 7) is 9.48. The van der Waals surface area contributed by atoms with Gasteiger partial charge in [0.15, 0.2) is 12.1 Å². The first kappa shape index (κ1) is 10.7. The van der Waals surface area contributed by atoms with Crippen LogP contribution in [0.1, 0.15) is 27.2 Å². The van der Waals surface area contributed by atoms with E-state index in [1.54, 1.807) is 0 Å². The second kappa shape index (κ2) is 2.86. The summed E-state index contributed by atoms with van der Waals surface area (Å²) >= 11 is 0. The van der Waals surface area contributed by atoms with E-state index in [9.17, 15) is 4.39 Å². The van der Waals surface area contributed by atoms with Gasteiger partial charge < -0.3 is 14.2 Å². The van der Waals surface area contributed by atoms with Crippen LogP contribution in [0.25, 0.3) is 0 Å². The zero-order valence-corrected chi connectivity index (χ0v) is 9.83. The number of hydrogen-bond acceptors (Lipinski definition) is 3. The number of rotatable bonds is 0. The van der Waals surface area contributed by atoms with E-state index in [2.05, 4.69) is 6.58 Å². The SMILES string of the molecule is C=C1[C@H](F)C[C@@]2(C)[C@@H]1O[C@@H]1OC(C)(C)O[C@@H]12. The van der Waals surface area contributed by atoms with Gasteiger partial charge in [-0.25, -0.2) is 4.39 Å². The molecular weight excluding hydrogens is 211 g/mol. The van der Waals surface area contributed by atoms with Crippen LogP contribution in [0.5, 0.6) is 0 Å². The highest BCUT2D eigenvalue weighted by molar-refractivity contribution is 5.26. The van der Waals surface area contributed by atoms with E-state index in [0.717, 1.165) is 0 Å². The molecule has 3 rings (SSSR count). The molecule has 3 aliphatic rings. The predicted molar refractivity (Wildman–Crippen MR) is 55.5 cm³/mol. The Morgan fingerprint density at radius 2 is 2.00 bits per heavy atom. The molecule has 0 spiro atoms.